The lowest BCUT2D eigenvalue weighted by molar-refractivity contribution is -0.120. The summed E-state index contributed by atoms with van der Waals surface area (Å²) < 4.78 is 0. The van der Waals surface area contributed by atoms with Crippen LogP contribution in [0.15, 0.2) is 24.3 Å². The van der Waals surface area contributed by atoms with Gasteiger partial charge in [0.25, 0.3) is 0 Å². The lowest BCUT2D eigenvalue weighted by Crippen LogP contribution is -2.44. The number of amides is 1. The van der Waals surface area contributed by atoms with Crippen LogP contribution in [0.5, 0.6) is 0 Å². The van der Waals surface area contributed by atoms with E-state index in [1.165, 1.54) is 10.5 Å². The van der Waals surface area contributed by atoms with Gasteiger partial charge in [-0.3, -0.25) is 4.79 Å². The molecule has 0 aliphatic rings. The number of carbonyl (C=O) groups is 1. The third-order valence-electron chi connectivity index (χ3n) is 2.79. The van der Waals surface area contributed by atoms with E-state index in [2.05, 4.69) is 13.8 Å². The molecule has 4 heteroatoms. The molecule has 0 saturated carbocycles. The molecule has 4 nitrogen and oxygen atoms in total. The maximum atomic E-state index is 11.7. The van der Waals surface area contributed by atoms with Gasteiger partial charge in [-0.2, -0.15) is 0 Å². The van der Waals surface area contributed by atoms with Crippen molar-refractivity contribution in [3.8, 4) is 0 Å². The van der Waals surface area contributed by atoms with Gasteiger partial charge in [0.1, 0.15) is 6.04 Å². The Morgan fingerprint density at radius 3 is 2.29 bits per heavy atom. The van der Waals surface area contributed by atoms with Crippen LogP contribution in [0, 0.1) is 0 Å². The summed E-state index contributed by atoms with van der Waals surface area (Å²) in [5.74, 6) is 0.176. The number of carbonyl (C=O) groups excluding carboxylic acids is 1. The fraction of sp³-hybridized carbons (Fsp3) is 0.462. The lowest BCUT2D eigenvalue weighted by atomic mass is 10.0. The number of nitrogens with two attached hydrogens (primary N) is 1. The van der Waals surface area contributed by atoms with Gasteiger partial charge in [-0.1, -0.05) is 26.0 Å². The molecule has 0 radical (unpaired) electrons. The van der Waals surface area contributed by atoms with Crippen molar-refractivity contribution in [3.63, 3.8) is 0 Å². The zero-order valence-corrected chi connectivity index (χ0v) is 10.6. The highest BCUT2D eigenvalue weighted by molar-refractivity contribution is 5.96. The minimum atomic E-state index is -0.857. The molecule has 0 aliphatic heterocycles. The molecule has 17 heavy (non-hydrogen) atoms. The summed E-state index contributed by atoms with van der Waals surface area (Å²) in [7, 11) is 1.65. The standard InChI is InChI=1S/C13H20N2O2/c1-9(2)10-4-6-11(7-5-10)15(3)13(17)12(14)8-16/h4-7,9,12,16H,8,14H2,1-3H3. The minimum Gasteiger partial charge on any atom is -0.394 e. The molecule has 0 spiro atoms. The van der Waals surface area contributed by atoms with Gasteiger partial charge in [-0.15, -0.1) is 0 Å². The van der Waals surface area contributed by atoms with Crippen LogP contribution < -0.4 is 10.6 Å². The first-order valence-electron chi connectivity index (χ1n) is 5.71. The Morgan fingerprint density at radius 1 is 1.35 bits per heavy atom. The number of hydrogen-bond donors (Lipinski definition) is 2. The normalized spacial score (nSPS) is 12.6. The highest BCUT2D eigenvalue weighted by atomic mass is 16.3. The van der Waals surface area contributed by atoms with Crippen LogP contribution in [0.1, 0.15) is 25.3 Å². The van der Waals surface area contributed by atoms with Crippen molar-refractivity contribution in [2.24, 2.45) is 5.73 Å². The van der Waals surface area contributed by atoms with Crippen molar-refractivity contribution in [1.82, 2.24) is 0 Å². The summed E-state index contributed by atoms with van der Waals surface area (Å²) in [5, 5.41) is 8.85. The topological polar surface area (TPSA) is 66.6 Å². The molecule has 1 atom stereocenters. The number of benzene rings is 1. The molecular weight excluding hydrogens is 216 g/mol. The van der Waals surface area contributed by atoms with Crippen LogP contribution >= 0.6 is 0 Å². The zero-order chi connectivity index (χ0) is 13.0. The van der Waals surface area contributed by atoms with E-state index in [1.807, 2.05) is 24.3 Å². The van der Waals surface area contributed by atoms with Gasteiger partial charge >= 0.3 is 0 Å². The van der Waals surface area contributed by atoms with Crippen LogP contribution in [0.2, 0.25) is 0 Å². The maximum absolute atomic E-state index is 11.7. The highest BCUT2D eigenvalue weighted by Gasteiger charge is 2.18. The van der Waals surface area contributed by atoms with E-state index in [1.54, 1.807) is 7.05 Å². The molecule has 0 heterocycles. The number of anilines is 1. The van der Waals surface area contributed by atoms with E-state index in [4.69, 9.17) is 10.8 Å². The Morgan fingerprint density at radius 2 is 1.88 bits per heavy atom. The number of nitrogens with zero attached hydrogens (tertiary/aromatic N) is 1. The first-order valence-corrected chi connectivity index (χ1v) is 5.71. The molecule has 3 N–H and O–H groups in total. The van der Waals surface area contributed by atoms with Gasteiger partial charge in [0.2, 0.25) is 5.91 Å². The molecule has 1 aromatic carbocycles. The van der Waals surface area contributed by atoms with Gasteiger partial charge in [0.05, 0.1) is 6.61 Å². The Kier molecular flexibility index (Phi) is 4.66. The van der Waals surface area contributed by atoms with Crippen molar-refractivity contribution in [1.29, 1.82) is 0 Å². The van der Waals surface area contributed by atoms with Gasteiger partial charge < -0.3 is 15.7 Å². The average Bonchev–Trinajstić information content (AvgIpc) is 2.36. The van der Waals surface area contributed by atoms with Crippen LogP contribution in [0.3, 0.4) is 0 Å². The van der Waals surface area contributed by atoms with Crippen LogP contribution in [-0.4, -0.2) is 30.7 Å². The van der Waals surface area contributed by atoms with E-state index in [9.17, 15) is 4.79 Å². The molecule has 1 amide bonds. The summed E-state index contributed by atoms with van der Waals surface area (Å²) in [6.45, 7) is 3.89. The van der Waals surface area contributed by atoms with Gasteiger partial charge in [0.15, 0.2) is 0 Å². The molecule has 0 bridgehead atoms. The quantitative estimate of drug-likeness (QED) is 0.822. The second-order valence-corrected chi connectivity index (χ2v) is 4.43. The van der Waals surface area contributed by atoms with E-state index >= 15 is 0 Å². The van der Waals surface area contributed by atoms with Crippen molar-refractivity contribution >= 4 is 11.6 Å². The SMILES string of the molecule is CC(C)c1ccc(N(C)C(=O)C(N)CO)cc1. The van der Waals surface area contributed by atoms with E-state index < -0.39 is 6.04 Å². The average molecular weight is 236 g/mol. The van der Waals surface area contributed by atoms with Gasteiger partial charge in [0, 0.05) is 12.7 Å². The number of rotatable bonds is 4. The summed E-state index contributed by atoms with van der Waals surface area (Å²) in [4.78, 5) is 13.2. The van der Waals surface area contributed by atoms with E-state index in [0.29, 0.717) is 5.92 Å². The third kappa shape index (κ3) is 3.28. The van der Waals surface area contributed by atoms with Gasteiger partial charge in [-0.05, 0) is 23.6 Å². The molecule has 1 unspecified atom stereocenters. The van der Waals surface area contributed by atoms with Gasteiger partial charge in [-0.25, -0.2) is 0 Å². The highest BCUT2D eigenvalue weighted by Crippen LogP contribution is 2.19. The molecule has 1 aromatic rings. The van der Waals surface area contributed by atoms with Crippen molar-refractivity contribution in [3.05, 3.63) is 29.8 Å². The van der Waals surface area contributed by atoms with Crippen molar-refractivity contribution in [2.75, 3.05) is 18.6 Å². The fourth-order valence-electron chi connectivity index (χ4n) is 1.54. The van der Waals surface area contributed by atoms with E-state index in [0.717, 1.165) is 5.69 Å². The molecule has 0 aromatic heterocycles. The second-order valence-electron chi connectivity index (χ2n) is 4.43. The first-order chi connectivity index (χ1) is 7.97. The smallest absolute Gasteiger partial charge is 0.246 e. The second kappa shape index (κ2) is 5.80. The lowest BCUT2D eigenvalue weighted by Gasteiger charge is -2.20. The van der Waals surface area contributed by atoms with Crippen LogP contribution in [0.25, 0.3) is 0 Å². The molecule has 94 valence electrons. The largest absolute Gasteiger partial charge is 0.394 e. The van der Waals surface area contributed by atoms with Crippen molar-refractivity contribution in [2.45, 2.75) is 25.8 Å². The maximum Gasteiger partial charge on any atom is 0.246 e. The minimum absolute atomic E-state index is 0.287. The molecule has 0 aliphatic carbocycles. The first kappa shape index (κ1) is 13.7. The number of likely N-dealkylation sites (N-methyl/N-ethyl adjacent to an activating group) is 1. The van der Waals surface area contributed by atoms with Crippen molar-refractivity contribution < 1.29 is 9.90 Å². The number of aliphatic hydroxyl groups excluding tert-OH is 1. The predicted octanol–water partition coefficient (Wildman–Crippen LogP) is 1.09. The number of aliphatic hydroxyl groups is 1. The Balaban J connectivity index is 2.83. The molecule has 0 fully saturated rings. The summed E-state index contributed by atoms with van der Waals surface area (Å²) in [6.07, 6.45) is 0. The van der Waals surface area contributed by atoms with Crippen LogP contribution in [-0.2, 0) is 4.79 Å². The summed E-state index contributed by atoms with van der Waals surface area (Å²) >= 11 is 0. The Labute approximate surface area is 102 Å². The Hall–Kier alpha value is -1.39. The fourth-order valence-corrected chi connectivity index (χ4v) is 1.54. The predicted molar refractivity (Wildman–Crippen MR) is 69.0 cm³/mol. The van der Waals surface area contributed by atoms with Crippen LogP contribution in [0.4, 0.5) is 5.69 Å². The zero-order valence-electron chi connectivity index (χ0n) is 10.6. The molecule has 1 rings (SSSR count). The molecular formula is C13H20N2O2. The Bertz CT molecular complexity index is 374. The summed E-state index contributed by atoms with van der Waals surface area (Å²) in [6, 6.07) is 6.90. The summed E-state index contributed by atoms with van der Waals surface area (Å²) in [5.41, 5.74) is 7.50. The van der Waals surface area contributed by atoms with E-state index in [-0.39, 0.29) is 12.5 Å². The number of hydrogen-bond acceptors (Lipinski definition) is 3. The monoisotopic (exact) mass is 236 g/mol. The molecule has 0 saturated heterocycles. The third-order valence-corrected chi connectivity index (χ3v) is 2.79.